The Morgan fingerprint density at radius 3 is 2.60 bits per heavy atom. The van der Waals surface area contributed by atoms with Crippen LogP contribution in [-0.4, -0.2) is 13.0 Å². The lowest BCUT2D eigenvalue weighted by Gasteiger charge is -2.08. The van der Waals surface area contributed by atoms with E-state index in [4.69, 9.17) is 4.74 Å². The number of anilines is 1. The molecule has 2 aromatic rings. The molecule has 0 aliphatic heterocycles. The molecular weight excluding hydrogens is 332 g/mol. The highest BCUT2D eigenvalue weighted by atomic mass is 79.9. The molecule has 0 saturated carbocycles. The molecule has 0 radical (unpaired) electrons. The molecule has 0 bridgehead atoms. The Labute approximate surface area is 122 Å². The van der Waals surface area contributed by atoms with E-state index in [2.05, 4.69) is 21.2 Å². The largest absolute Gasteiger partial charge is 0.496 e. The van der Waals surface area contributed by atoms with Crippen LogP contribution in [0.15, 0.2) is 40.9 Å². The van der Waals surface area contributed by atoms with Crippen LogP contribution < -0.4 is 10.1 Å². The van der Waals surface area contributed by atoms with Crippen molar-refractivity contribution in [2.75, 3.05) is 12.4 Å². The van der Waals surface area contributed by atoms with Crippen molar-refractivity contribution in [1.29, 1.82) is 0 Å². The minimum atomic E-state index is -0.702. The fraction of sp³-hybridized carbons (Fsp3) is 0.0714. The number of carbonyl (C=O) groups is 1. The van der Waals surface area contributed by atoms with Crippen molar-refractivity contribution in [1.82, 2.24) is 0 Å². The highest BCUT2D eigenvalue weighted by Gasteiger charge is 2.12. The SMILES string of the molecule is COc1ccc(C(=O)Nc2cc(F)ccc2F)cc1Br. The van der Waals surface area contributed by atoms with E-state index in [1.807, 2.05) is 0 Å². The number of benzene rings is 2. The van der Waals surface area contributed by atoms with E-state index in [-0.39, 0.29) is 5.69 Å². The third-order valence-corrected chi connectivity index (χ3v) is 3.21. The number of methoxy groups -OCH3 is 1. The van der Waals surface area contributed by atoms with Crippen LogP contribution in [0.25, 0.3) is 0 Å². The Morgan fingerprint density at radius 2 is 1.95 bits per heavy atom. The summed E-state index contributed by atoms with van der Waals surface area (Å²) in [6, 6.07) is 7.51. The molecule has 2 rings (SSSR count). The first kappa shape index (κ1) is 14.5. The fourth-order valence-electron chi connectivity index (χ4n) is 1.60. The van der Waals surface area contributed by atoms with Crippen molar-refractivity contribution in [2.24, 2.45) is 0 Å². The number of amides is 1. The number of rotatable bonds is 3. The minimum absolute atomic E-state index is 0.207. The molecule has 0 fully saturated rings. The number of halogens is 3. The number of nitrogens with one attached hydrogen (secondary N) is 1. The van der Waals surface area contributed by atoms with Crippen molar-refractivity contribution in [3.05, 3.63) is 58.1 Å². The van der Waals surface area contributed by atoms with E-state index in [1.54, 1.807) is 6.07 Å². The summed E-state index contributed by atoms with van der Waals surface area (Å²) in [7, 11) is 1.50. The number of carbonyl (C=O) groups excluding carboxylic acids is 1. The zero-order valence-electron chi connectivity index (χ0n) is 10.4. The van der Waals surface area contributed by atoms with Gasteiger partial charge >= 0.3 is 0 Å². The highest BCUT2D eigenvalue weighted by molar-refractivity contribution is 9.10. The topological polar surface area (TPSA) is 38.3 Å². The van der Waals surface area contributed by atoms with E-state index >= 15 is 0 Å². The van der Waals surface area contributed by atoms with Gasteiger partial charge < -0.3 is 10.1 Å². The Bertz CT molecular complexity index is 662. The smallest absolute Gasteiger partial charge is 0.255 e. The van der Waals surface area contributed by atoms with Gasteiger partial charge in [-0.3, -0.25) is 4.79 Å². The third-order valence-electron chi connectivity index (χ3n) is 2.59. The average Bonchev–Trinajstić information content (AvgIpc) is 2.42. The molecule has 1 N–H and O–H groups in total. The summed E-state index contributed by atoms with van der Waals surface area (Å²) in [5, 5.41) is 2.32. The van der Waals surface area contributed by atoms with Crippen LogP contribution >= 0.6 is 15.9 Å². The lowest BCUT2D eigenvalue weighted by atomic mass is 10.2. The van der Waals surface area contributed by atoms with E-state index in [9.17, 15) is 13.6 Å². The normalized spacial score (nSPS) is 10.2. The molecule has 0 atom stereocenters. The second-order valence-electron chi connectivity index (χ2n) is 3.93. The molecule has 0 unspecified atom stereocenters. The summed E-state index contributed by atoms with van der Waals surface area (Å²) in [4.78, 5) is 12.0. The van der Waals surface area contributed by atoms with Gasteiger partial charge in [-0.15, -0.1) is 0 Å². The second kappa shape index (κ2) is 6.00. The quantitative estimate of drug-likeness (QED) is 0.916. The van der Waals surface area contributed by atoms with Crippen LogP contribution in [0.4, 0.5) is 14.5 Å². The van der Waals surface area contributed by atoms with Crippen molar-refractivity contribution in [2.45, 2.75) is 0 Å². The molecule has 0 aliphatic rings. The lowest BCUT2D eigenvalue weighted by molar-refractivity contribution is 0.102. The average molecular weight is 342 g/mol. The Balaban J connectivity index is 2.24. The van der Waals surface area contributed by atoms with E-state index < -0.39 is 17.5 Å². The first-order valence-electron chi connectivity index (χ1n) is 5.61. The molecule has 0 heterocycles. The molecule has 2 aromatic carbocycles. The maximum Gasteiger partial charge on any atom is 0.255 e. The summed E-state index contributed by atoms with van der Waals surface area (Å²) < 4.78 is 32.1. The fourth-order valence-corrected chi connectivity index (χ4v) is 2.14. The van der Waals surface area contributed by atoms with Crippen LogP contribution in [0, 0.1) is 11.6 Å². The first-order chi connectivity index (χ1) is 9.51. The first-order valence-corrected chi connectivity index (χ1v) is 6.40. The molecule has 0 aliphatic carbocycles. The third kappa shape index (κ3) is 3.14. The van der Waals surface area contributed by atoms with Crippen LogP contribution in [0.1, 0.15) is 10.4 Å². The van der Waals surface area contributed by atoms with E-state index in [1.165, 1.54) is 19.2 Å². The molecule has 20 heavy (non-hydrogen) atoms. The molecule has 104 valence electrons. The molecule has 0 aromatic heterocycles. The van der Waals surface area contributed by atoms with Gasteiger partial charge in [-0.1, -0.05) is 0 Å². The van der Waals surface area contributed by atoms with Crippen LogP contribution in [0.2, 0.25) is 0 Å². The van der Waals surface area contributed by atoms with Gasteiger partial charge in [0.1, 0.15) is 17.4 Å². The van der Waals surface area contributed by atoms with Gasteiger partial charge in [0, 0.05) is 11.6 Å². The van der Waals surface area contributed by atoms with Crippen LogP contribution in [-0.2, 0) is 0 Å². The van der Waals surface area contributed by atoms with Crippen molar-refractivity contribution in [3.63, 3.8) is 0 Å². The number of hydrogen-bond acceptors (Lipinski definition) is 2. The van der Waals surface area contributed by atoms with E-state index in [0.717, 1.165) is 18.2 Å². The Hall–Kier alpha value is -1.95. The van der Waals surface area contributed by atoms with Crippen molar-refractivity contribution in [3.8, 4) is 5.75 Å². The zero-order valence-corrected chi connectivity index (χ0v) is 12.0. The molecule has 6 heteroatoms. The molecule has 1 amide bonds. The second-order valence-corrected chi connectivity index (χ2v) is 4.78. The van der Waals surface area contributed by atoms with Gasteiger partial charge in [0.15, 0.2) is 0 Å². The zero-order chi connectivity index (χ0) is 14.7. The summed E-state index contributed by atoms with van der Waals surface area (Å²) in [6.45, 7) is 0. The number of ether oxygens (including phenoxy) is 1. The predicted octanol–water partition coefficient (Wildman–Crippen LogP) is 3.99. The molecular formula is C14H10BrF2NO2. The van der Waals surface area contributed by atoms with Gasteiger partial charge in [-0.2, -0.15) is 0 Å². The standard InChI is InChI=1S/C14H10BrF2NO2/c1-20-13-5-2-8(6-10(13)15)14(19)18-12-7-9(16)3-4-11(12)17/h2-7H,1H3,(H,18,19). The van der Waals surface area contributed by atoms with Gasteiger partial charge in [-0.05, 0) is 46.3 Å². The van der Waals surface area contributed by atoms with Gasteiger partial charge in [0.05, 0.1) is 17.3 Å². The van der Waals surface area contributed by atoms with Crippen molar-refractivity contribution < 1.29 is 18.3 Å². The minimum Gasteiger partial charge on any atom is -0.496 e. The summed E-state index contributed by atoms with van der Waals surface area (Å²) in [6.07, 6.45) is 0. The summed E-state index contributed by atoms with van der Waals surface area (Å²) in [5.74, 6) is -1.30. The maximum absolute atomic E-state index is 13.4. The van der Waals surface area contributed by atoms with Crippen molar-refractivity contribution >= 4 is 27.5 Å². The van der Waals surface area contributed by atoms with E-state index in [0.29, 0.717) is 15.8 Å². The highest BCUT2D eigenvalue weighted by Crippen LogP contribution is 2.26. The van der Waals surface area contributed by atoms with Gasteiger partial charge in [-0.25, -0.2) is 8.78 Å². The number of hydrogen-bond donors (Lipinski definition) is 1. The summed E-state index contributed by atoms with van der Waals surface area (Å²) >= 11 is 3.25. The molecule has 0 spiro atoms. The van der Waals surface area contributed by atoms with Crippen LogP contribution in [0.3, 0.4) is 0 Å². The summed E-state index contributed by atoms with van der Waals surface area (Å²) in [5.41, 5.74) is 0.0864. The molecule has 0 saturated heterocycles. The lowest BCUT2D eigenvalue weighted by Crippen LogP contribution is -2.13. The van der Waals surface area contributed by atoms with Crippen LogP contribution in [0.5, 0.6) is 5.75 Å². The Morgan fingerprint density at radius 1 is 1.20 bits per heavy atom. The van der Waals surface area contributed by atoms with Gasteiger partial charge in [0.2, 0.25) is 0 Å². The maximum atomic E-state index is 13.4. The Kier molecular flexibility index (Phi) is 4.34. The monoisotopic (exact) mass is 341 g/mol. The molecule has 3 nitrogen and oxygen atoms in total. The predicted molar refractivity (Wildman–Crippen MR) is 75.0 cm³/mol. The van der Waals surface area contributed by atoms with Gasteiger partial charge in [0.25, 0.3) is 5.91 Å².